The molecular formula is C7H16O2. The molecule has 0 amide bonds. The summed E-state index contributed by atoms with van der Waals surface area (Å²) in [5.74, 6) is -0.0255. The summed E-state index contributed by atoms with van der Waals surface area (Å²) in [6.45, 7) is 5.55. The highest BCUT2D eigenvalue weighted by Gasteiger charge is 2.24. The summed E-state index contributed by atoms with van der Waals surface area (Å²) in [6, 6.07) is 0. The molecule has 0 aromatic rings. The number of aliphatic hydroxyl groups is 2. The van der Waals surface area contributed by atoms with Gasteiger partial charge in [-0.2, -0.15) is 0 Å². The van der Waals surface area contributed by atoms with Crippen LogP contribution in [0.3, 0.4) is 0 Å². The second-order valence-electron chi connectivity index (χ2n) is 2.79. The molecule has 0 heterocycles. The van der Waals surface area contributed by atoms with Crippen LogP contribution >= 0.6 is 0 Å². The largest absolute Gasteiger partial charge is 0.396 e. The van der Waals surface area contributed by atoms with Gasteiger partial charge in [-0.3, -0.25) is 0 Å². The fourth-order valence-electron chi connectivity index (χ4n) is 0.545. The topological polar surface area (TPSA) is 40.5 Å². The normalized spacial score (nSPS) is 21.0. The Balaban J connectivity index is 3.80. The maximum atomic E-state index is 9.43. The number of hydrogen-bond acceptors (Lipinski definition) is 2. The molecule has 0 bridgehead atoms. The van der Waals surface area contributed by atoms with Gasteiger partial charge in [0.05, 0.1) is 5.60 Å². The second kappa shape index (κ2) is 3.18. The molecule has 2 atom stereocenters. The van der Waals surface area contributed by atoms with Crippen molar-refractivity contribution in [3.8, 4) is 0 Å². The van der Waals surface area contributed by atoms with Gasteiger partial charge in [-0.1, -0.05) is 13.8 Å². The summed E-state index contributed by atoms with van der Waals surface area (Å²) >= 11 is 0. The van der Waals surface area contributed by atoms with Crippen molar-refractivity contribution in [1.29, 1.82) is 0 Å². The molecule has 0 fully saturated rings. The first kappa shape index (κ1) is 8.92. The molecule has 0 aliphatic heterocycles. The van der Waals surface area contributed by atoms with Crippen molar-refractivity contribution in [3.63, 3.8) is 0 Å². The zero-order chi connectivity index (χ0) is 7.49. The van der Waals surface area contributed by atoms with Gasteiger partial charge in [-0.05, 0) is 13.3 Å². The van der Waals surface area contributed by atoms with E-state index < -0.39 is 5.60 Å². The highest BCUT2D eigenvalue weighted by atomic mass is 16.3. The number of aliphatic hydroxyl groups excluding tert-OH is 1. The van der Waals surface area contributed by atoms with E-state index in [1.807, 2.05) is 13.8 Å². The molecule has 2 N–H and O–H groups in total. The second-order valence-corrected chi connectivity index (χ2v) is 2.79. The Morgan fingerprint density at radius 1 is 1.56 bits per heavy atom. The highest BCUT2D eigenvalue weighted by Crippen LogP contribution is 2.19. The van der Waals surface area contributed by atoms with Crippen molar-refractivity contribution in [2.75, 3.05) is 6.61 Å². The van der Waals surface area contributed by atoms with Gasteiger partial charge in [0.25, 0.3) is 0 Å². The summed E-state index contributed by atoms with van der Waals surface area (Å²) in [5, 5.41) is 18.1. The van der Waals surface area contributed by atoms with Crippen molar-refractivity contribution in [3.05, 3.63) is 0 Å². The first-order valence-electron chi connectivity index (χ1n) is 3.37. The van der Waals surface area contributed by atoms with Gasteiger partial charge in [-0.15, -0.1) is 0 Å². The van der Waals surface area contributed by atoms with E-state index in [1.54, 1.807) is 6.92 Å². The lowest BCUT2D eigenvalue weighted by atomic mass is 9.89. The molecule has 2 nitrogen and oxygen atoms in total. The lowest BCUT2D eigenvalue weighted by molar-refractivity contribution is -0.0191. The molecule has 0 radical (unpaired) electrons. The lowest BCUT2D eigenvalue weighted by Crippen LogP contribution is -2.33. The van der Waals surface area contributed by atoms with E-state index in [2.05, 4.69) is 0 Å². The maximum absolute atomic E-state index is 9.43. The van der Waals surface area contributed by atoms with E-state index in [-0.39, 0.29) is 12.5 Å². The van der Waals surface area contributed by atoms with Crippen LogP contribution in [0.4, 0.5) is 0 Å². The first-order valence-corrected chi connectivity index (χ1v) is 3.37. The van der Waals surface area contributed by atoms with Gasteiger partial charge >= 0.3 is 0 Å². The summed E-state index contributed by atoms with van der Waals surface area (Å²) in [6.07, 6.45) is 0.689. The van der Waals surface area contributed by atoms with Crippen molar-refractivity contribution >= 4 is 0 Å². The molecule has 0 spiro atoms. The Kier molecular flexibility index (Phi) is 3.15. The predicted molar refractivity (Wildman–Crippen MR) is 37.2 cm³/mol. The Hall–Kier alpha value is -0.0800. The SMILES string of the molecule is CC[C@@](C)(O)[C@@H](C)CO. The molecule has 0 aliphatic rings. The fraction of sp³-hybridized carbons (Fsp3) is 1.00. The summed E-state index contributed by atoms with van der Waals surface area (Å²) in [7, 11) is 0. The summed E-state index contributed by atoms with van der Waals surface area (Å²) < 4.78 is 0. The monoisotopic (exact) mass is 132 g/mol. The molecule has 0 aromatic carbocycles. The third-order valence-electron chi connectivity index (χ3n) is 2.05. The minimum atomic E-state index is -0.700. The van der Waals surface area contributed by atoms with Crippen LogP contribution in [0.5, 0.6) is 0 Å². The average Bonchev–Trinajstić information content (AvgIpc) is 1.86. The summed E-state index contributed by atoms with van der Waals surface area (Å²) in [5.41, 5.74) is -0.700. The van der Waals surface area contributed by atoms with Crippen LogP contribution in [0.1, 0.15) is 27.2 Å². The Morgan fingerprint density at radius 3 is 2.11 bits per heavy atom. The molecule has 0 unspecified atom stereocenters. The standard InChI is InChI=1S/C7H16O2/c1-4-7(3,9)6(2)5-8/h6,8-9H,4-5H2,1-3H3/t6-,7+/m0/s1. The molecule has 0 saturated carbocycles. The van der Waals surface area contributed by atoms with Gasteiger partial charge < -0.3 is 10.2 Å². The summed E-state index contributed by atoms with van der Waals surface area (Å²) in [4.78, 5) is 0. The average molecular weight is 132 g/mol. The fourth-order valence-corrected chi connectivity index (χ4v) is 0.545. The highest BCUT2D eigenvalue weighted by molar-refractivity contribution is 4.76. The smallest absolute Gasteiger partial charge is 0.0664 e. The maximum Gasteiger partial charge on any atom is 0.0664 e. The lowest BCUT2D eigenvalue weighted by Gasteiger charge is -2.27. The van der Waals surface area contributed by atoms with Crippen molar-refractivity contribution in [1.82, 2.24) is 0 Å². The van der Waals surface area contributed by atoms with Crippen LogP contribution in [0.2, 0.25) is 0 Å². The first-order chi connectivity index (χ1) is 4.04. The zero-order valence-corrected chi connectivity index (χ0v) is 6.39. The van der Waals surface area contributed by atoms with E-state index in [0.29, 0.717) is 6.42 Å². The minimum absolute atomic E-state index is 0.0255. The minimum Gasteiger partial charge on any atom is -0.396 e. The molecule has 0 aromatic heterocycles. The Labute approximate surface area is 56.5 Å². The van der Waals surface area contributed by atoms with Crippen LogP contribution < -0.4 is 0 Å². The molecule has 2 heteroatoms. The third kappa shape index (κ3) is 2.33. The van der Waals surface area contributed by atoms with Gasteiger partial charge in [0.1, 0.15) is 0 Å². The molecule has 56 valence electrons. The third-order valence-corrected chi connectivity index (χ3v) is 2.05. The van der Waals surface area contributed by atoms with Crippen LogP contribution in [0.15, 0.2) is 0 Å². The van der Waals surface area contributed by atoms with E-state index in [1.165, 1.54) is 0 Å². The van der Waals surface area contributed by atoms with E-state index in [9.17, 15) is 5.11 Å². The van der Waals surface area contributed by atoms with Gasteiger partial charge in [0.2, 0.25) is 0 Å². The molecule has 9 heavy (non-hydrogen) atoms. The van der Waals surface area contributed by atoms with E-state index in [4.69, 9.17) is 5.11 Å². The molecular weight excluding hydrogens is 116 g/mol. The van der Waals surface area contributed by atoms with Gasteiger partial charge in [0.15, 0.2) is 0 Å². The Morgan fingerprint density at radius 2 is 2.00 bits per heavy atom. The van der Waals surface area contributed by atoms with Crippen molar-refractivity contribution in [2.45, 2.75) is 32.8 Å². The van der Waals surface area contributed by atoms with Crippen LogP contribution in [0, 0.1) is 5.92 Å². The molecule has 0 saturated heterocycles. The zero-order valence-electron chi connectivity index (χ0n) is 6.39. The van der Waals surface area contributed by atoms with Gasteiger partial charge in [0, 0.05) is 12.5 Å². The molecule has 0 aliphatic carbocycles. The van der Waals surface area contributed by atoms with E-state index in [0.717, 1.165) is 0 Å². The number of rotatable bonds is 3. The predicted octanol–water partition coefficient (Wildman–Crippen LogP) is 0.776. The van der Waals surface area contributed by atoms with E-state index >= 15 is 0 Å². The Bertz CT molecular complexity index is 79.0. The van der Waals surface area contributed by atoms with Crippen LogP contribution in [0.25, 0.3) is 0 Å². The number of hydrogen-bond donors (Lipinski definition) is 2. The van der Waals surface area contributed by atoms with Crippen LogP contribution in [-0.2, 0) is 0 Å². The van der Waals surface area contributed by atoms with Crippen molar-refractivity contribution < 1.29 is 10.2 Å². The van der Waals surface area contributed by atoms with Crippen molar-refractivity contribution in [2.24, 2.45) is 5.92 Å². The van der Waals surface area contributed by atoms with Crippen LogP contribution in [-0.4, -0.2) is 22.4 Å². The quantitative estimate of drug-likeness (QED) is 0.595. The molecule has 0 rings (SSSR count). The van der Waals surface area contributed by atoms with Gasteiger partial charge in [-0.25, -0.2) is 0 Å².